The van der Waals surface area contributed by atoms with Gasteiger partial charge in [-0.1, -0.05) is 13.8 Å². The van der Waals surface area contributed by atoms with E-state index in [4.69, 9.17) is 14.2 Å². The van der Waals surface area contributed by atoms with Crippen LogP contribution in [0.2, 0.25) is 0 Å². The van der Waals surface area contributed by atoms with E-state index in [9.17, 15) is 0 Å². The summed E-state index contributed by atoms with van der Waals surface area (Å²) in [5, 5.41) is 0. The molecule has 13 heavy (non-hydrogen) atoms. The zero-order valence-electron chi connectivity index (χ0n) is 9.04. The molecule has 3 nitrogen and oxygen atoms in total. The maximum atomic E-state index is 5.34. The predicted octanol–water partition coefficient (Wildman–Crippen LogP) is 1.71. The van der Waals surface area contributed by atoms with Gasteiger partial charge in [-0.05, 0) is 12.8 Å². The Kier molecular flexibility index (Phi) is 9.87. The lowest BCUT2D eigenvalue weighted by atomic mass is 10.2. The highest BCUT2D eigenvalue weighted by Crippen LogP contribution is 1.91. The lowest BCUT2D eigenvalue weighted by Gasteiger charge is -2.07. The fourth-order valence-electron chi connectivity index (χ4n) is 0.801. The summed E-state index contributed by atoms with van der Waals surface area (Å²) in [7, 11) is 0. The molecule has 0 radical (unpaired) electrons. The first-order valence-electron chi connectivity index (χ1n) is 5.00. The van der Waals surface area contributed by atoms with Gasteiger partial charge in [0.05, 0.1) is 26.4 Å². The predicted molar refractivity (Wildman–Crippen MR) is 53.0 cm³/mol. The molecular formula is C10H22O3. The molecule has 0 saturated carbocycles. The largest absolute Gasteiger partial charge is 0.379 e. The summed E-state index contributed by atoms with van der Waals surface area (Å²) in [5.41, 5.74) is 0. The van der Waals surface area contributed by atoms with E-state index in [0.717, 1.165) is 13.2 Å². The third kappa shape index (κ3) is 11.9. The van der Waals surface area contributed by atoms with Crippen LogP contribution in [0.3, 0.4) is 0 Å². The minimum atomic E-state index is 0.600. The van der Waals surface area contributed by atoms with E-state index in [1.54, 1.807) is 0 Å². The molecule has 0 aliphatic carbocycles. The third-order valence-corrected chi connectivity index (χ3v) is 1.40. The maximum absolute atomic E-state index is 5.34. The second-order valence-electron chi connectivity index (χ2n) is 3.28. The molecule has 0 N–H and O–H groups in total. The van der Waals surface area contributed by atoms with Gasteiger partial charge in [0.2, 0.25) is 0 Å². The van der Waals surface area contributed by atoms with Crippen molar-refractivity contribution in [1.29, 1.82) is 0 Å². The fourth-order valence-corrected chi connectivity index (χ4v) is 0.801. The van der Waals surface area contributed by atoms with Gasteiger partial charge < -0.3 is 14.2 Å². The van der Waals surface area contributed by atoms with Crippen LogP contribution in [0, 0.1) is 5.92 Å². The second-order valence-corrected chi connectivity index (χ2v) is 3.28. The molecule has 80 valence electrons. The molecule has 0 aromatic carbocycles. The van der Waals surface area contributed by atoms with Crippen molar-refractivity contribution in [3.8, 4) is 0 Å². The highest BCUT2D eigenvalue weighted by Gasteiger charge is 1.93. The Morgan fingerprint density at radius 3 is 1.92 bits per heavy atom. The monoisotopic (exact) mass is 190 g/mol. The number of hydrogen-bond acceptors (Lipinski definition) is 3. The van der Waals surface area contributed by atoms with Gasteiger partial charge in [0.25, 0.3) is 0 Å². The summed E-state index contributed by atoms with van der Waals surface area (Å²) in [4.78, 5) is 0. The Morgan fingerprint density at radius 1 is 0.846 bits per heavy atom. The summed E-state index contributed by atoms with van der Waals surface area (Å²) < 4.78 is 15.7. The van der Waals surface area contributed by atoms with Crippen LogP contribution in [-0.2, 0) is 14.2 Å². The van der Waals surface area contributed by atoms with Crippen LogP contribution >= 0.6 is 0 Å². The Balaban J connectivity index is 2.84. The number of rotatable bonds is 9. The quantitative estimate of drug-likeness (QED) is 0.518. The van der Waals surface area contributed by atoms with Crippen LogP contribution in [0.15, 0.2) is 0 Å². The number of ether oxygens (including phenoxy) is 3. The van der Waals surface area contributed by atoms with E-state index in [1.165, 1.54) is 0 Å². The Hall–Kier alpha value is -0.120. The second kappa shape index (κ2) is 9.96. The molecule has 0 unspecified atom stereocenters. The molecule has 0 aliphatic heterocycles. The molecule has 3 heteroatoms. The van der Waals surface area contributed by atoms with Crippen LogP contribution in [0.25, 0.3) is 0 Å². The van der Waals surface area contributed by atoms with Crippen molar-refractivity contribution in [3.63, 3.8) is 0 Å². The zero-order chi connectivity index (χ0) is 9.94. The van der Waals surface area contributed by atoms with Gasteiger partial charge >= 0.3 is 0 Å². The Labute approximate surface area is 81.4 Å². The summed E-state index contributed by atoms with van der Waals surface area (Å²) >= 11 is 0. The van der Waals surface area contributed by atoms with Crippen molar-refractivity contribution in [2.75, 3.05) is 39.6 Å². The normalized spacial score (nSPS) is 11.1. The minimum absolute atomic E-state index is 0.600. The van der Waals surface area contributed by atoms with Gasteiger partial charge in [-0.2, -0.15) is 0 Å². The van der Waals surface area contributed by atoms with Crippen LogP contribution in [-0.4, -0.2) is 39.6 Å². The highest BCUT2D eigenvalue weighted by molar-refractivity contribution is 4.39. The molecule has 0 fully saturated rings. The SMILES string of the molecule is CCOCCOCCOCC(C)C. The van der Waals surface area contributed by atoms with E-state index < -0.39 is 0 Å². The zero-order valence-corrected chi connectivity index (χ0v) is 9.04. The maximum Gasteiger partial charge on any atom is 0.0701 e. The minimum Gasteiger partial charge on any atom is -0.379 e. The molecule has 0 spiro atoms. The lowest BCUT2D eigenvalue weighted by Crippen LogP contribution is -2.11. The average Bonchev–Trinajstić information content (AvgIpc) is 2.09. The highest BCUT2D eigenvalue weighted by atomic mass is 16.5. The van der Waals surface area contributed by atoms with E-state index >= 15 is 0 Å². The van der Waals surface area contributed by atoms with Gasteiger partial charge in [0, 0.05) is 13.2 Å². The van der Waals surface area contributed by atoms with Gasteiger partial charge in [-0.15, -0.1) is 0 Å². The summed E-state index contributed by atoms with van der Waals surface area (Å²) in [6.45, 7) is 10.5. The van der Waals surface area contributed by atoms with E-state index in [-0.39, 0.29) is 0 Å². The standard InChI is InChI=1S/C10H22O3/c1-4-11-5-6-12-7-8-13-9-10(2)3/h10H,4-9H2,1-3H3. The van der Waals surface area contributed by atoms with Gasteiger partial charge in [0.15, 0.2) is 0 Å². The van der Waals surface area contributed by atoms with Crippen molar-refractivity contribution < 1.29 is 14.2 Å². The molecule has 0 aromatic rings. The van der Waals surface area contributed by atoms with Crippen LogP contribution in [0.1, 0.15) is 20.8 Å². The van der Waals surface area contributed by atoms with Crippen molar-refractivity contribution >= 4 is 0 Å². The van der Waals surface area contributed by atoms with Crippen molar-refractivity contribution in [2.45, 2.75) is 20.8 Å². The number of hydrogen-bond donors (Lipinski definition) is 0. The molecule has 0 heterocycles. The molecular weight excluding hydrogens is 168 g/mol. The smallest absolute Gasteiger partial charge is 0.0701 e. The average molecular weight is 190 g/mol. The molecule has 0 atom stereocenters. The topological polar surface area (TPSA) is 27.7 Å². The van der Waals surface area contributed by atoms with Gasteiger partial charge in [-0.3, -0.25) is 0 Å². The van der Waals surface area contributed by atoms with Crippen molar-refractivity contribution in [1.82, 2.24) is 0 Å². The van der Waals surface area contributed by atoms with Crippen LogP contribution in [0.5, 0.6) is 0 Å². The first kappa shape index (κ1) is 12.9. The summed E-state index contributed by atoms with van der Waals surface area (Å²) in [6, 6.07) is 0. The molecule has 0 saturated heterocycles. The van der Waals surface area contributed by atoms with E-state index in [2.05, 4.69) is 13.8 Å². The van der Waals surface area contributed by atoms with Crippen LogP contribution in [0.4, 0.5) is 0 Å². The van der Waals surface area contributed by atoms with E-state index in [1.807, 2.05) is 6.92 Å². The van der Waals surface area contributed by atoms with Crippen molar-refractivity contribution in [2.24, 2.45) is 5.92 Å². The third-order valence-electron chi connectivity index (χ3n) is 1.40. The molecule has 0 rings (SSSR count). The van der Waals surface area contributed by atoms with E-state index in [0.29, 0.717) is 32.3 Å². The lowest BCUT2D eigenvalue weighted by molar-refractivity contribution is 0.0117. The Morgan fingerprint density at radius 2 is 1.38 bits per heavy atom. The molecule has 0 aliphatic rings. The molecule has 0 aromatic heterocycles. The van der Waals surface area contributed by atoms with Gasteiger partial charge in [0.1, 0.15) is 0 Å². The van der Waals surface area contributed by atoms with Crippen molar-refractivity contribution in [3.05, 3.63) is 0 Å². The summed E-state index contributed by atoms with van der Waals surface area (Å²) in [5.74, 6) is 0.600. The first-order chi connectivity index (χ1) is 6.27. The van der Waals surface area contributed by atoms with Crippen LogP contribution < -0.4 is 0 Å². The van der Waals surface area contributed by atoms with Gasteiger partial charge in [-0.25, -0.2) is 0 Å². The molecule has 0 amide bonds. The summed E-state index contributed by atoms with van der Waals surface area (Å²) in [6.07, 6.45) is 0. The fraction of sp³-hybridized carbons (Fsp3) is 1.00. The Bertz CT molecular complexity index is 94.2. The molecule has 0 bridgehead atoms. The first-order valence-corrected chi connectivity index (χ1v) is 5.00.